The lowest BCUT2D eigenvalue weighted by Gasteiger charge is -2.11. The lowest BCUT2D eigenvalue weighted by Crippen LogP contribution is -2.15. The molecule has 1 amide bonds. The third kappa shape index (κ3) is 4.47. The Morgan fingerprint density at radius 3 is 2.77 bits per heavy atom. The van der Waals surface area contributed by atoms with Crippen molar-refractivity contribution in [3.05, 3.63) is 63.8 Å². The molecule has 0 aliphatic rings. The van der Waals surface area contributed by atoms with Gasteiger partial charge in [0, 0.05) is 33.5 Å². The van der Waals surface area contributed by atoms with Gasteiger partial charge in [0.2, 0.25) is 5.91 Å². The Bertz CT molecular complexity index is 929. The van der Waals surface area contributed by atoms with Crippen LogP contribution in [-0.2, 0) is 17.4 Å². The van der Waals surface area contributed by atoms with Crippen molar-refractivity contribution in [2.75, 3.05) is 5.32 Å². The fraction of sp³-hybridized carbons (Fsp3) is 0.118. The SMILES string of the molecule is O=C(Cc1csc(-c2cccnc2)n1)Nc1ccc(Br)c(C(F)(F)F)c1. The van der Waals surface area contributed by atoms with Crippen molar-refractivity contribution in [1.82, 2.24) is 9.97 Å². The van der Waals surface area contributed by atoms with Gasteiger partial charge in [0.05, 0.1) is 17.7 Å². The molecule has 0 aliphatic heterocycles. The summed E-state index contributed by atoms with van der Waals surface area (Å²) in [6, 6.07) is 7.19. The number of carbonyl (C=O) groups is 1. The van der Waals surface area contributed by atoms with Gasteiger partial charge in [0.1, 0.15) is 5.01 Å². The van der Waals surface area contributed by atoms with E-state index in [1.54, 1.807) is 23.8 Å². The van der Waals surface area contributed by atoms with Crippen molar-refractivity contribution in [3.63, 3.8) is 0 Å². The highest BCUT2D eigenvalue weighted by atomic mass is 79.9. The van der Waals surface area contributed by atoms with Crippen LogP contribution in [0.15, 0.2) is 52.6 Å². The van der Waals surface area contributed by atoms with Crippen LogP contribution in [0.5, 0.6) is 0 Å². The third-order valence-corrected chi connectivity index (χ3v) is 4.99. The van der Waals surface area contributed by atoms with Gasteiger partial charge >= 0.3 is 6.18 Å². The summed E-state index contributed by atoms with van der Waals surface area (Å²) in [5.41, 5.74) is 0.613. The quantitative estimate of drug-likeness (QED) is 0.607. The van der Waals surface area contributed by atoms with E-state index in [0.717, 1.165) is 16.6 Å². The number of anilines is 1. The molecule has 2 heterocycles. The Hall–Kier alpha value is -2.26. The van der Waals surface area contributed by atoms with Gasteiger partial charge in [-0.25, -0.2) is 4.98 Å². The minimum Gasteiger partial charge on any atom is -0.326 e. The zero-order valence-electron chi connectivity index (χ0n) is 13.0. The van der Waals surface area contributed by atoms with E-state index in [-0.39, 0.29) is 16.6 Å². The second kappa shape index (κ2) is 7.55. The van der Waals surface area contributed by atoms with Crippen LogP contribution in [0.3, 0.4) is 0 Å². The van der Waals surface area contributed by atoms with Crippen LogP contribution in [-0.4, -0.2) is 15.9 Å². The molecule has 9 heteroatoms. The average molecular weight is 442 g/mol. The van der Waals surface area contributed by atoms with E-state index >= 15 is 0 Å². The number of hydrogen-bond donors (Lipinski definition) is 1. The van der Waals surface area contributed by atoms with Gasteiger partial charge in [-0.2, -0.15) is 13.2 Å². The Kier molecular flexibility index (Phi) is 5.38. The van der Waals surface area contributed by atoms with Gasteiger partial charge in [0.15, 0.2) is 0 Å². The number of nitrogens with one attached hydrogen (secondary N) is 1. The second-order valence-electron chi connectivity index (χ2n) is 5.30. The van der Waals surface area contributed by atoms with E-state index in [4.69, 9.17) is 0 Å². The van der Waals surface area contributed by atoms with Crippen LogP contribution < -0.4 is 5.32 Å². The summed E-state index contributed by atoms with van der Waals surface area (Å²) in [5.74, 6) is -0.441. The molecule has 0 spiro atoms. The molecule has 0 saturated heterocycles. The summed E-state index contributed by atoms with van der Waals surface area (Å²) >= 11 is 4.24. The molecular formula is C17H11BrF3N3OS. The minimum absolute atomic E-state index is 0.0336. The zero-order valence-corrected chi connectivity index (χ0v) is 15.5. The number of rotatable bonds is 4. The highest BCUT2D eigenvalue weighted by Gasteiger charge is 2.33. The number of halogens is 4. The predicted molar refractivity (Wildman–Crippen MR) is 96.8 cm³/mol. The molecule has 0 saturated carbocycles. The van der Waals surface area contributed by atoms with Gasteiger partial charge < -0.3 is 5.32 Å². The molecule has 0 bridgehead atoms. The molecule has 1 aromatic carbocycles. The molecule has 0 radical (unpaired) electrons. The Morgan fingerprint density at radius 2 is 2.08 bits per heavy atom. The summed E-state index contributed by atoms with van der Waals surface area (Å²) in [6.07, 6.45) is -1.22. The monoisotopic (exact) mass is 441 g/mol. The first-order chi connectivity index (χ1) is 12.3. The maximum absolute atomic E-state index is 12.9. The minimum atomic E-state index is -4.51. The van der Waals surface area contributed by atoms with E-state index in [2.05, 4.69) is 31.2 Å². The van der Waals surface area contributed by atoms with Crippen LogP contribution in [0.1, 0.15) is 11.3 Å². The van der Waals surface area contributed by atoms with E-state index in [1.807, 2.05) is 6.07 Å². The highest BCUT2D eigenvalue weighted by molar-refractivity contribution is 9.10. The maximum Gasteiger partial charge on any atom is 0.417 e. The smallest absolute Gasteiger partial charge is 0.326 e. The fourth-order valence-corrected chi connectivity index (χ4v) is 3.48. The molecule has 0 atom stereocenters. The second-order valence-corrected chi connectivity index (χ2v) is 7.02. The molecule has 1 N–H and O–H groups in total. The number of thiazole rings is 1. The Labute approximate surface area is 159 Å². The molecule has 0 unspecified atom stereocenters. The number of pyridine rings is 1. The standard InChI is InChI=1S/C17H11BrF3N3OS/c18-14-4-3-11(6-13(14)17(19,20)21)23-15(25)7-12-9-26-16(24-12)10-2-1-5-22-8-10/h1-6,8-9H,7H2,(H,23,25). The van der Waals surface area contributed by atoms with Gasteiger partial charge in [-0.05, 0) is 30.3 Å². The summed E-state index contributed by atoms with van der Waals surface area (Å²) in [4.78, 5) is 20.5. The van der Waals surface area contributed by atoms with Crippen LogP contribution in [0.2, 0.25) is 0 Å². The first-order valence-corrected chi connectivity index (χ1v) is 9.01. The van der Waals surface area contributed by atoms with Crippen molar-refractivity contribution >= 4 is 38.9 Å². The van der Waals surface area contributed by atoms with Crippen molar-refractivity contribution in [2.24, 2.45) is 0 Å². The van der Waals surface area contributed by atoms with Gasteiger partial charge in [-0.3, -0.25) is 9.78 Å². The number of benzene rings is 1. The van der Waals surface area contributed by atoms with Gasteiger partial charge in [-0.1, -0.05) is 15.9 Å². The predicted octanol–water partition coefficient (Wildman–Crippen LogP) is 5.17. The summed E-state index contributed by atoms with van der Waals surface area (Å²) in [7, 11) is 0. The molecule has 134 valence electrons. The number of hydrogen-bond acceptors (Lipinski definition) is 4. The molecule has 26 heavy (non-hydrogen) atoms. The molecule has 0 fully saturated rings. The normalized spacial score (nSPS) is 11.4. The molecular weight excluding hydrogens is 431 g/mol. The van der Waals surface area contributed by atoms with Crippen LogP contribution in [0.4, 0.5) is 18.9 Å². The van der Waals surface area contributed by atoms with E-state index < -0.39 is 17.6 Å². The van der Waals surface area contributed by atoms with Crippen molar-refractivity contribution < 1.29 is 18.0 Å². The molecule has 4 nitrogen and oxygen atoms in total. The number of amides is 1. The largest absolute Gasteiger partial charge is 0.417 e. The lowest BCUT2D eigenvalue weighted by atomic mass is 10.2. The lowest BCUT2D eigenvalue weighted by molar-refractivity contribution is -0.138. The molecule has 3 aromatic rings. The Morgan fingerprint density at radius 1 is 1.27 bits per heavy atom. The van der Waals surface area contributed by atoms with E-state index in [1.165, 1.54) is 23.5 Å². The topological polar surface area (TPSA) is 54.9 Å². The van der Waals surface area contributed by atoms with Crippen LogP contribution in [0, 0.1) is 0 Å². The van der Waals surface area contributed by atoms with Crippen molar-refractivity contribution in [3.8, 4) is 10.6 Å². The van der Waals surface area contributed by atoms with Gasteiger partial charge in [-0.15, -0.1) is 11.3 Å². The first-order valence-electron chi connectivity index (χ1n) is 7.34. The summed E-state index contributed by atoms with van der Waals surface area (Å²) < 4.78 is 38.7. The number of carbonyl (C=O) groups excluding carboxylic acids is 1. The van der Waals surface area contributed by atoms with Crippen LogP contribution >= 0.6 is 27.3 Å². The number of alkyl halides is 3. The fourth-order valence-electron chi connectivity index (χ4n) is 2.20. The third-order valence-electron chi connectivity index (χ3n) is 3.36. The van der Waals surface area contributed by atoms with Crippen LogP contribution in [0.25, 0.3) is 10.6 Å². The average Bonchev–Trinajstić information content (AvgIpc) is 3.05. The number of aromatic nitrogens is 2. The zero-order chi connectivity index (χ0) is 18.7. The summed E-state index contributed by atoms with van der Waals surface area (Å²) in [6.45, 7) is 0. The maximum atomic E-state index is 12.9. The van der Waals surface area contributed by atoms with Crippen molar-refractivity contribution in [1.29, 1.82) is 0 Å². The van der Waals surface area contributed by atoms with Crippen molar-refractivity contribution in [2.45, 2.75) is 12.6 Å². The van der Waals surface area contributed by atoms with Gasteiger partial charge in [0.25, 0.3) is 0 Å². The van der Waals surface area contributed by atoms with E-state index in [0.29, 0.717) is 5.69 Å². The molecule has 3 rings (SSSR count). The highest BCUT2D eigenvalue weighted by Crippen LogP contribution is 2.36. The molecule has 2 aromatic heterocycles. The van der Waals surface area contributed by atoms with E-state index in [9.17, 15) is 18.0 Å². The molecule has 0 aliphatic carbocycles. The summed E-state index contributed by atoms with van der Waals surface area (Å²) in [5, 5.41) is 4.94. The first kappa shape index (κ1) is 18.5. The number of nitrogens with zero attached hydrogens (tertiary/aromatic N) is 2. The Balaban J connectivity index is 1.69.